The van der Waals surface area contributed by atoms with Gasteiger partial charge in [0.05, 0.1) is 6.61 Å². The minimum atomic E-state index is 0.0901. The molecule has 1 saturated heterocycles. The molecule has 0 radical (unpaired) electrons. The van der Waals surface area contributed by atoms with Crippen LogP contribution in [0.4, 0.5) is 0 Å². The molecule has 0 amide bonds. The highest BCUT2D eigenvalue weighted by Gasteiger charge is 2.19. The molecular weight excluding hydrogens is 266 g/mol. The van der Waals surface area contributed by atoms with Crippen molar-refractivity contribution in [2.45, 2.75) is 19.4 Å². The molecule has 1 aromatic rings. The Bertz CT molecular complexity index is 461. The third kappa shape index (κ3) is 5.61. The molecule has 1 N–H and O–H groups in total. The van der Waals surface area contributed by atoms with E-state index < -0.39 is 0 Å². The fourth-order valence-corrected chi connectivity index (χ4v) is 2.90. The molecule has 1 aromatic heterocycles. The van der Waals surface area contributed by atoms with E-state index in [1.807, 2.05) is 12.3 Å². The van der Waals surface area contributed by atoms with Crippen LogP contribution in [0.1, 0.15) is 12.8 Å². The zero-order valence-corrected chi connectivity index (χ0v) is 13.0. The predicted octanol–water partition coefficient (Wildman–Crippen LogP) is 0.796. The highest BCUT2D eigenvalue weighted by molar-refractivity contribution is 4.93. The minimum absolute atomic E-state index is 0.0901. The third-order valence-electron chi connectivity index (χ3n) is 4.08. The Morgan fingerprint density at radius 3 is 3.10 bits per heavy atom. The number of rotatable bonds is 8. The molecule has 0 bridgehead atoms. The summed E-state index contributed by atoms with van der Waals surface area (Å²) in [6, 6.07) is 5.33. The van der Waals surface area contributed by atoms with Gasteiger partial charge in [-0.1, -0.05) is 6.07 Å². The molecule has 1 fully saturated rings. The number of likely N-dealkylation sites (tertiary alicyclic amines) is 1. The van der Waals surface area contributed by atoms with Crippen molar-refractivity contribution < 1.29 is 4.74 Å². The van der Waals surface area contributed by atoms with Crippen LogP contribution in [0.3, 0.4) is 0 Å². The van der Waals surface area contributed by atoms with E-state index in [-0.39, 0.29) is 5.56 Å². The first-order valence-corrected chi connectivity index (χ1v) is 7.87. The highest BCUT2D eigenvalue weighted by atomic mass is 16.5. The number of aromatic nitrogens is 1. The minimum Gasteiger partial charge on any atom is -0.383 e. The molecule has 0 saturated carbocycles. The van der Waals surface area contributed by atoms with Crippen LogP contribution in [-0.2, 0) is 11.3 Å². The van der Waals surface area contributed by atoms with Gasteiger partial charge in [-0.2, -0.15) is 0 Å². The van der Waals surface area contributed by atoms with Gasteiger partial charge < -0.3 is 19.5 Å². The molecule has 1 unspecified atom stereocenters. The molecule has 1 aliphatic heterocycles. The van der Waals surface area contributed by atoms with E-state index in [0.717, 1.165) is 45.9 Å². The van der Waals surface area contributed by atoms with E-state index in [4.69, 9.17) is 4.74 Å². The van der Waals surface area contributed by atoms with Crippen LogP contribution in [0.15, 0.2) is 29.2 Å². The Hall–Kier alpha value is -1.17. The summed E-state index contributed by atoms with van der Waals surface area (Å²) in [5.74, 6) is 0.711. The van der Waals surface area contributed by atoms with Crippen molar-refractivity contribution in [3.63, 3.8) is 0 Å². The van der Waals surface area contributed by atoms with Crippen LogP contribution in [0.2, 0.25) is 0 Å². The number of ether oxygens (including phenoxy) is 1. The highest BCUT2D eigenvalue weighted by Crippen LogP contribution is 2.15. The second-order valence-corrected chi connectivity index (χ2v) is 5.74. The van der Waals surface area contributed by atoms with Crippen LogP contribution in [-0.4, -0.2) is 55.9 Å². The molecule has 2 rings (SSSR count). The van der Waals surface area contributed by atoms with Gasteiger partial charge in [-0.3, -0.25) is 4.79 Å². The maximum absolute atomic E-state index is 11.7. The van der Waals surface area contributed by atoms with Crippen LogP contribution in [0.25, 0.3) is 0 Å². The summed E-state index contributed by atoms with van der Waals surface area (Å²) in [4.78, 5) is 14.2. The van der Waals surface area contributed by atoms with Gasteiger partial charge in [0.1, 0.15) is 0 Å². The lowest BCUT2D eigenvalue weighted by Gasteiger charge is -2.33. The second kappa shape index (κ2) is 8.97. The number of methoxy groups -OCH3 is 1. The van der Waals surface area contributed by atoms with Crippen molar-refractivity contribution in [2.75, 3.05) is 46.4 Å². The van der Waals surface area contributed by atoms with E-state index in [0.29, 0.717) is 5.92 Å². The van der Waals surface area contributed by atoms with Gasteiger partial charge in [0.15, 0.2) is 0 Å². The first-order valence-electron chi connectivity index (χ1n) is 7.87. The molecule has 1 aliphatic rings. The largest absolute Gasteiger partial charge is 0.383 e. The lowest BCUT2D eigenvalue weighted by molar-refractivity contribution is 0.160. The van der Waals surface area contributed by atoms with Crippen molar-refractivity contribution in [3.8, 4) is 0 Å². The summed E-state index contributed by atoms with van der Waals surface area (Å²) in [7, 11) is 1.73. The zero-order chi connectivity index (χ0) is 14.9. The van der Waals surface area contributed by atoms with E-state index in [9.17, 15) is 4.79 Å². The van der Waals surface area contributed by atoms with Crippen LogP contribution in [0, 0.1) is 5.92 Å². The number of nitrogens with one attached hydrogen (secondary N) is 1. The standard InChI is InChI=1S/C16H27N3O2/c1-21-12-7-17-13-15-5-4-8-18(14-15)10-11-19-9-3-2-6-16(19)20/h2-3,6,9,15,17H,4-5,7-8,10-14H2,1H3. The second-order valence-electron chi connectivity index (χ2n) is 5.74. The zero-order valence-electron chi connectivity index (χ0n) is 13.0. The first-order chi connectivity index (χ1) is 10.3. The van der Waals surface area contributed by atoms with Crippen LogP contribution in [0.5, 0.6) is 0 Å². The summed E-state index contributed by atoms with van der Waals surface area (Å²) >= 11 is 0. The lowest BCUT2D eigenvalue weighted by Crippen LogP contribution is -2.42. The van der Waals surface area contributed by atoms with Crippen molar-refractivity contribution in [3.05, 3.63) is 34.7 Å². The van der Waals surface area contributed by atoms with Gasteiger partial charge in [-0.25, -0.2) is 0 Å². The Kier molecular flexibility index (Phi) is 6.92. The van der Waals surface area contributed by atoms with Gasteiger partial charge in [0, 0.05) is 45.6 Å². The van der Waals surface area contributed by atoms with Crippen molar-refractivity contribution >= 4 is 0 Å². The predicted molar refractivity (Wildman–Crippen MR) is 84.6 cm³/mol. The summed E-state index contributed by atoms with van der Waals surface area (Å²) in [5, 5.41) is 3.45. The fraction of sp³-hybridized carbons (Fsp3) is 0.688. The molecule has 0 aromatic carbocycles. The van der Waals surface area contributed by atoms with Crippen molar-refractivity contribution in [2.24, 2.45) is 5.92 Å². The Labute approximate surface area is 126 Å². The maximum Gasteiger partial charge on any atom is 0.250 e. The Balaban J connectivity index is 1.71. The molecular formula is C16H27N3O2. The molecule has 21 heavy (non-hydrogen) atoms. The molecule has 2 heterocycles. The molecule has 1 atom stereocenters. The summed E-state index contributed by atoms with van der Waals surface area (Å²) < 4.78 is 6.84. The van der Waals surface area contributed by atoms with Crippen LogP contribution >= 0.6 is 0 Å². The maximum atomic E-state index is 11.7. The van der Waals surface area contributed by atoms with E-state index in [1.165, 1.54) is 12.8 Å². The summed E-state index contributed by atoms with van der Waals surface area (Å²) in [5.41, 5.74) is 0.0901. The quantitative estimate of drug-likeness (QED) is 0.720. The number of hydrogen-bond donors (Lipinski definition) is 1. The summed E-state index contributed by atoms with van der Waals surface area (Å²) in [6.07, 6.45) is 4.41. The monoisotopic (exact) mass is 293 g/mol. The lowest BCUT2D eigenvalue weighted by atomic mass is 9.98. The molecule has 5 nitrogen and oxygen atoms in total. The third-order valence-corrected chi connectivity index (χ3v) is 4.08. The average molecular weight is 293 g/mol. The smallest absolute Gasteiger partial charge is 0.250 e. The van der Waals surface area contributed by atoms with Gasteiger partial charge in [-0.15, -0.1) is 0 Å². The normalized spacial score (nSPS) is 19.8. The number of pyridine rings is 1. The molecule has 5 heteroatoms. The van der Waals surface area contributed by atoms with E-state index in [1.54, 1.807) is 23.8 Å². The number of hydrogen-bond acceptors (Lipinski definition) is 4. The average Bonchev–Trinajstić information content (AvgIpc) is 2.51. The molecule has 0 spiro atoms. The van der Waals surface area contributed by atoms with Gasteiger partial charge in [0.25, 0.3) is 5.56 Å². The van der Waals surface area contributed by atoms with Crippen molar-refractivity contribution in [1.82, 2.24) is 14.8 Å². The molecule has 118 valence electrons. The Morgan fingerprint density at radius 2 is 2.29 bits per heavy atom. The van der Waals surface area contributed by atoms with E-state index >= 15 is 0 Å². The first kappa shape index (κ1) is 16.2. The fourth-order valence-electron chi connectivity index (χ4n) is 2.90. The molecule has 0 aliphatic carbocycles. The van der Waals surface area contributed by atoms with Crippen molar-refractivity contribution in [1.29, 1.82) is 0 Å². The van der Waals surface area contributed by atoms with E-state index in [2.05, 4.69) is 10.2 Å². The van der Waals surface area contributed by atoms with Gasteiger partial charge in [0.2, 0.25) is 0 Å². The topological polar surface area (TPSA) is 46.5 Å². The summed E-state index contributed by atoms with van der Waals surface area (Å²) in [6.45, 7) is 6.77. The number of piperidine rings is 1. The van der Waals surface area contributed by atoms with Crippen LogP contribution < -0.4 is 10.9 Å². The Morgan fingerprint density at radius 1 is 1.38 bits per heavy atom. The van der Waals surface area contributed by atoms with Gasteiger partial charge >= 0.3 is 0 Å². The number of nitrogens with zero attached hydrogens (tertiary/aromatic N) is 2. The SMILES string of the molecule is COCCNCC1CCCN(CCn2ccccc2=O)C1. The van der Waals surface area contributed by atoms with Gasteiger partial charge in [-0.05, 0) is 37.9 Å².